The van der Waals surface area contributed by atoms with E-state index in [-0.39, 0.29) is 0 Å². The van der Waals surface area contributed by atoms with Crippen LogP contribution in [0.2, 0.25) is 0 Å². The average molecular weight is 78.1 g/mol. The molecule has 0 nitrogen and oxygen atoms in total. The van der Waals surface area contributed by atoms with Gasteiger partial charge in [-0.3, -0.25) is 0 Å². The van der Waals surface area contributed by atoms with Crippen LogP contribution in [-0.4, -0.2) is 0 Å². The van der Waals surface area contributed by atoms with Crippen LogP contribution in [0.25, 0.3) is 0 Å². The highest BCUT2D eigenvalue weighted by atomic mass is 14.9. The first-order valence-electron chi connectivity index (χ1n) is 2.57. The molecule has 2 bridgehead atoms. The van der Waals surface area contributed by atoms with E-state index in [0.717, 1.165) is 17.3 Å². The molecule has 3 atom stereocenters. The van der Waals surface area contributed by atoms with Gasteiger partial charge in [-0.2, -0.15) is 0 Å². The Morgan fingerprint density at radius 2 is 2.17 bits per heavy atom. The normalized spacial score (nSPS) is 77.2. The Balaban J connectivity index is 2.53. The molecule has 0 aliphatic heterocycles. The Labute approximate surface area is 36.9 Å². The molecule has 4 aliphatic rings. The molecule has 0 heteroatoms. The molecule has 0 aromatic carbocycles. The van der Waals surface area contributed by atoms with Gasteiger partial charge in [-0.25, -0.2) is 0 Å². The molecule has 3 unspecified atom stereocenters. The Morgan fingerprint density at radius 3 is 2.17 bits per heavy atom. The number of rotatable bonds is 0. The molecular weight excluding hydrogens is 72.1 g/mol. The zero-order chi connectivity index (χ0) is 3.94. The molecule has 0 radical (unpaired) electrons. The van der Waals surface area contributed by atoms with Gasteiger partial charge in [-0.1, -0.05) is 18.6 Å². The van der Waals surface area contributed by atoms with E-state index >= 15 is 0 Å². The summed E-state index contributed by atoms with van der Waals surface area (Å²) in [6.45, 7) is 2.37. The van der Waals surface area contributed by atoms with Crippen LogP contribution < -0.4 is 0 Å². The summed E-state index contributed by atoms with van der Waals surface area (Å²) in [7, 11) is 0. The Bertz CT molecular complexity index is 161. The van der Waals surface area contributed by atoms with Gasteiger partial charge in [0.25, 0.3) is 0 Å². The minimum Gasteiger partial charge on any atom is -0.0798 e. The van der Waals surface area contributed by atoms with Crippen LogP contribution in [0.1, 0.15) is 6.92 Å². The monoisotopic (exact) mass is 78.0 g/mol. The summed E-state index contributed by atoms with van der Waals surface area (Å²) in [4.78, 5) is 0. The van der Waals surface area contributed by atoms with Crippen LogP contribution in [0.4, 0.5) is 0 Å². The molecule has 30 valence electrons. The molecule has 0 N–H and O–H groups in total. The number of hydrogen-bond acceptors (Lipinski definition) is 0. The summed E-state index contributed by atoms with van der Waals surface area (Å²) in [6, 6.07) is 0. The summed E-state index contributed by atoms with van der Waals surface area (Å²) in [5.41, 5.74) is 2.60. The fourth-order valence-corrected chi connectivity index (χ4v) is 1.88. The van der Waals surface area contributed by atoms with Crippen molar-refractivity contribution in [2.24, 2.45) is 17.3 Å². The minimum atomic E-state index is 0.833. The van der Waals surface area contributed by atoms with Crippen LogP contribution in [0.15, 0.2) is 11.6 Å². The van der Waals surface area contributed by atoms with E-state index < -0.39 is 0 Å². The van der Waals surface area contributed by atoms with E-state index in [1.54, 1.807) is 5.57 Å². The van der Waals surface area contributed by atoms with Gasteiger partial charge < -0.3 is 0 Å². The van der Waals surface area contributed by atoms with E-state index in [1.165, 1.54) is 0 Å². The highest BCUT2D eigenvalue weighted by molar-refractivity contribution is 5.66. The molecule has 0 amide bonds. The van der Waals surface area contributed by atoms with Crippen LogP contribution in [0.5, 0.6) is 0 Å². The highest BCUT2D eigenvalue weighted by Crippen LogP contribution is 2.92. The summed E-state index contributed by atoms with van der Waals surface area (Å²) < 4.78 is 0. The van der Waals surface area contributed by atoms with E-state index in [1.807, 2.05) is 0 Å². The topological polar surface area (TPSA) is 0 Å². The van der Waals surface area contributed by atoms with Crippen molar-refractivity contribution in [2.45, 2.75) is 6.92 Å². The van der Waals surface area contributed by atoms with Gasteiger partial charge in [0.2, 0.25) is 0 Å². The third-order valence-electron chi connectivity index (χ3n) is 2.82. The smallest absolute Gasteiger partial charge is 0.00275 e. The Hall–Kier alpha value is -0.260. The van der Waals surface area contributed by atoms with Crippen molar-refractivity contribution in [3.63, 3.8) is 0 Å². The average Bonchev–Trinajstić information content (AvgIpc) is 1.75. The van der Waals surface area contributed by atoms with Crippen LogP contribution in [-0.2, 0) is 0 Å². The predicted molar refractivity (Wildman–Crippen MR) is 23.2 cm³/mol. The lowest BCUT2D eigenvalue weighted by Crippen LogP contribution is -2.05. The predicted octanol–water partition coefficient (Wildman–Crippen LogP) is 1.19. The quantitative estimate of drug-likeness (QED) is 0.382. The molecule has 0 aromatic rings. The van der Waals surface area contributed by atoms with Gasteiger partial charge in [-0.05, 0) is 11.8 Å². The fraction of sp³-hybridized carbons (Fsp3) is 0.667. The highest BCUT2D eigenvalue weighted by Gasteiger charge is 2.86. The van der Waals surface area contributed by atoms with Gasteiger partial charge in [0.05, 0.1) is 0 Å². The van der Waals surface area contributed by atoms with Crippen molar-refractivity contribution in [1.29, 1.82) is 0 Å². The largest absolute Gasteiger partial charge is 0.0798 e. The second kappa shape index (κ2) is 0.268. The van der Waals surface area contributed by atoms with Crippen molar-refractivity contribution in [3.05, 3.63) is 11.6 Å². The van der Waals surface area contributed by atoms with Crippen LogP contribution in [0, 0.1) is 17.3 Å². The standard InChI is InChI=1S/C6H6/c1-6-3-2-4(6)5(3)6/h2-3,5H,1H3. The van der Waals surface area contributed by atoms with E-state index in [0.29, 0.717) is 0 Å². The SMILES string of the molecule is CC12C3=CC1C32. The number of hydrogen-bond donors (Lipinski definition) is 0. The van der Waals surface area contributed by atoms with Gasteiger partial charge in [0, 0.05) is 5.41 Å². The minimum absolute atomic E-state index is 0.833. The maximum absolute atomic E-state index is 2.41. The van der Waals surface area contributed by atoms with Crippen molar-refractivity contribution in [3.8, 4) is 0 Å². The zero-order valence-electron chi connectivity index (χ0n) is 3.73. The lowest BCUT2D eigenvalue weighted by molar-refractivity contribution is 0.633. The summed E-state index contributed by atoms with van der Waals surface area (Å²) in [5.74, 6) is 2.20. The second-order valence-corrected chi connectivity index (χ2v) is 2.91. The van der Waals surface area contributed by atoms with E-state index in [9.17, 15) is 0 Å². The molecule has 2 fully saturated rings. The Morgan fingerprint density at radius 1 is 1.83 bits per heavy atom. The van der Waals surface area contributed by atoms with Gasteiger partial charge in [0.15, 0.2) is 0 Å². The van der Waals surface area contributed by atoms with Gasteiger partial charge >= 0.3 is 0 Å². The molecule has 0 aromatic heterocycles. The van der Waals surface area contributed by atoms with Crippen LogP contribution in [0.3, 0.4) is 0 Å². The first-order chi connectivity index (χ1) is 2.85. The maximum Gasteiger partial charge on any atom is 0.00275 e. The molecule has 2 saturated carbocycles. The van der Waals surface area contributed by atoms with Gasteiger partial charge in [-0.15, -0.1) is 0 Å². The molecule has 4 aliphatic carbocycles. The maximum atomic E-state index is 2.41. The van der Waals surface area contributed by atoms with Crippen LogP contribution >= 0.6 is 0 Å². The third kappa shape index (κ3) is 0.0424. The van der Waals surface area contributed by atoms with Crippen molar-refractivity contribution < 1.29 is 0 Å². The summed E-state index contributed by atoms with van der Waals surface area (Å²) >= 11 is 0. The molecule has 0 spiro atoms. The Kier molecular flexibility index (Phi) is 0.0960. The van der Waals surface area contributed by atoms with Crippen molar-refractivity contribution >= 4 is 0 Å². The first-order valence-corrected chi connectivity index (χ1v) is 2.57. The lowest BCUT2D eigenvalue weighted by Gasteiger charge is -2.15. The molecular formula is C6H6. The van der Waals surface area contributed by atoms with Crippen molar-refractivity contribution in [2.75, 3.05) is 0 Å². The van der Waals surface area contributed by atoms with E-state index in [4.69, 9.17) is 0 Å². The molecule has 6 heavy (non-hydrogen) atoms. The molecule has 0 saturated heterocycles. The lowest BCUT2D eigenvalue weighted by atomic mass is 9.90. The first kappa shape index (κ1) is 2.15. The van der Waals surface area contributed by atoms with Gasteiger partial charge in [0.1, 0.15) is 0 Å². The third-order valence-corrected chi connectivity index (χ3v) is 2.82. The summed E-state index contributed by atoms with van der Waals surface area (Å²) in [6.07, 6.45) is 2.41. The molecule has 4 rings (SSSR count). The summed E-state index contributed by atoms with van der Waals surface area (Å²) in [5, 5.41) is 0. The fourth-order valence-electron chi connectivity index (χ4n) is 1.88. The second-order valence-electron chi connectivity index (χ2n) is 2.91. The molecule has 0 heterocycles. The number of allylic oxidation sites excluding steroid dienone is 2. The van der Waals surface area contributed by atoms with Crippen molar-refractivity contribution in [1.82, 2.24) is 0 Å². The zero-order valence-corrected chi connectivity index (χ0v) is 3.73. The van der Waals surface area contributed by atoms with E-state index in [2.05, 4.69) is 13.0 Å².